The lowest BCUT2D eigenvalue weighted by molar-refractivity contribution is -0.142. The van der Waals surface area contributed by atoms with E-state index >= 15 is 0 Å². The number of aromatic nitrogens is 3. The van der Waals surface area contributed by atoms with Gasteiger partial charge in [0.1, 0.15) is 5.82 Å². The number of H-pyrrole nitrogens is 1. The van der Waals surface area contributed by atoms with E-state index in [1.54, 1.807) is 31.4 Å². The molecule has 0 aliphatic rings. The Morgan fingerprint density at radius 3 is 2.66 bits per heavy atom. The molecular formula is C21H21FN4O4S2. The van der Waals surface area contributed by atoms with Crippen molar-refractivity contribution in [2.24, 2.45) is 0 Å². The van der Waals surface area contributed by atoms with Crippen molar-refractivity contribution >= 4 is 40.1 Å². The smallest absolute Gasteiger partial charge is 0.311 e. The van der Waals surface area contributed by atoms with Crippen LogP contribution in [0.2, 0.25) is 0 Å². The quantitative estimate of drug-likeness (QED) is 0.277. The fourth-order valence-electron chi connectivity index (χ4n) is 2.72. The van der Waals surface area contributed by atoms with Crippen LogP contribution in [0, 0.1) is 12.7 Å². The molecule has 0 atom stereocenters. The van der Waals surface area contributed by atoms with Gasteiger partial charge in [-0.25, -0.2) is 14.4 Å². The van der Waals surface area contributed by atoms with Gasteiger partial charge in [-0.3, -0.25) is 14.4 Å². The Kier molecular flexibility index (Phi) is 8.12. The average molecular weight is 477 g/mol. The molecular weight excluding hydrogens is 455 g/mol. The Hall–Kier alpha value is -3.05. The summed E-state index contributed by atoms with van der Waals surface area (Å²) >= 11 is 2.50. The van der Waals surface area contributed by atoms with Crippen molar-refractivity contribution in [2.75, 3.05) is 11.9 Å². The highest BCUT2D eigenvalue weighted by Gasteiger charge is 2.15. The van der Waals surface area contributed by atoms with Crippen molar-refractivity contribution in [3.8, 4) is 0 Å². The number of thiazole rings is 1. The average Bonchev–Trinajstić information content (AvgIpc) is 3.17. The highest BCUT2D eigenvalue weighted by molar-refractivity contribution is 7.98. The lowest BCUT2D eigenvalue weighted by Crippen LogP contribution is -2.23. The van der Waals surface area contributed by atoms with Gasteiger partial charge in [0.2, 0.25) is 5.91 Å². The Morgan fingerprint density at radius 1 is 1.22 bits per heavy atom. The third-order valence-electron chi connectivity index (χ3n) is 4.26. The molecule has 1 amide bonds. The molecule has 32 heavy (non-hydrogen) atoms. The van der Waals surface area contributed by atoms with E-state index in [2.05, 4.69) is 20.3 Å². The lowest BCUT2D eigenvalue weighted by atomic mass is 10.1. The van der Waals surface area contributed by atoms with Crippen LogP contribution in [-0.2, 0) is 32.9 Å². The first kappa shape index (κ1) is 23.6. The number of aryl methyl sites for hydroxylation is 1. The highest BCUT2D eigenvalue weighted by atomic mass is 32.2. The lowest BCUT2D eigenvalue weighted by Gasteiger charge is -2.07. The van der Waals surface area contributed by atoms with E-state index in [0.29, 0.717) is 27.4 Å². The van der Waals surface area contributed by atoms with Crippen LogP contribution in [0.15, 0.2) is 39.6 Å². The van der Waals surface area contributed by atoms with E-state index < -0.39 is 11.5 Å². The SMILES string of the molecule is CCOC(=O)Cc1csc(NC(=O)Cc2c(C)nc(SCc3ccc(F)cc3)[nH]c2=O)n1. The molecule has 8 nitrogen and oxygen atoms in total. The number of benzene rings is 1. The summed E-state index contributed by atoms with van der Waals surface area (Å²) in [5.41, 5.74) is 1.72. The standard InChI is InChI=1S/C21H21FN4O4S2/c1-3-30-18(28)8-15-11-32-21(24-15)25-17(27)9-16-12(2)23-20(26-19(16)29)31-10-13-4-6-14(22)7-5-13/h4-7,11H,3,8-10H2,1-2H3,(H,23,26,29)(H,24,25,27). The van der Waals surface area contributed by atoms with Crippen LogP contribution in [0.4, 0.5) is 9.52 Å². The molecule has 0 saturated carbocycles. The summed E-state index contributed by atoms with van der Waals surface area (Å²) in [5, 5.41) is 5.06. The zero-order valence-corrected chi connectivity index (χ0v) is 19.1. The molecule has 0 unspecified atom stereocenters. The second-order valence-electron chi connectivity index (χ2n) is 6.70. The molecule has 0 fully saturated rings. The summed E-state index contributed by atoms with van der Waals surface area (Å²) in [6, 6.07) is 6.09. The predicted octanol–water partition coefficient (Wildman–Crippen LogP) is 3.25. The Balaban J connectivity index is 1.59. The van der Waals surface area contributed by atoms with Gasteiger partial charge in [0, 0.05) is 22.4 Å². The van der Waals surface area contributed by atoms with E-state index in [1.807, 2.05) is 0 Å². The minimum absolute atomic E-state index is 0.0277. The van der Waals surface area contributed by atoms with Gasteiger partial charge < -0.3 is 15.0 Å². The highest BCUT2D eigenvalue weighted by Crippen LogP contribution is 2.20. The summed E-state index contributed by atoms with van der Waals surface area (Å²) in [7, 11) is 0. The van der Waals surface area contributed by atoms with E-state index in [-0.39, 0.29) is 36.8 Å². The maximum Gasteiger partial charge on any atom is 0.311 e. The third-order valence-corrected chi connectivity index (χ3v) is 6.01. The first-order chi connectivity index (χ1) is 15.3. The van der Waals surface area contributed by atoms with Crippen LogP contribution in [0.1, 0.15) is 29.4 Å². The fraction of sp³-hybridized carbons (Fsp3) is 0.286. The number of halogens is 1. The second kappa shape index (κ2) is 11.0. The zero-order chi connectivity index (χ0) is 23.1. The second-order valence-corrected chi connectivity index (χ2v) is 8.52. The number of esters is 1. The summed E-state index contributed by atoms with van der Waals surface area (Å²) in [4.78, 5) is 47.6. The van der Waals surface area contributed by atoms with Crippen molar-refractivity contribution in [1.29, 1.82) is 0 Å². The number of thioether (sulfide) groups is 1. The number of ether oxygens (including phenoxy) is 1. The molecule has 0 bridgehead atoms. The van der Waals surface area contributed by atoms with E-state index in [9.17, 15) is 18.8 Å². The van der Waals surface area contributed by atoms with E-state index in [4.69, 9.17) is 4.74 Å². The van der Waals surface area contributed by atoms with Crippen LogP contribution < -0.4 is 10.9 Å². The minimum Gasteiger partial charge on any atom is -0.466 e. The number of nitrogens with zero attached hydrogens (tertiary/aromatic N) is 2. The van der Waals surface area contributed by atoms with Crippen LogP contribution in [0.5, 0.6) is 0 Å². The minimum atomic E-state index is -0.413. The van der Waals surface area contributed by atoms with Crippen LogP contribution in [-0.4, -0.2) is 33.4 Å². The normalized spacial score (nSPS) is 10.7. The number of hydrogen-bond donors (Lipinski definition) is 2. The molecule has 168 valence electrons. The first-order valence-electron chi connectivity index (χ1n) is 9.71. The van der Waals surface area contributed by atoms with Crippen molar-refractivity contribution in [3.05, 3.63) is 68.3 Å². The predicted molar refractivity (Wildman–Crippen MR) is 120 cm³/mol. The van der Waals surface area contributed by atoms with Crippen LogP contribution in [0.3, 0.4) is 0 Å². The van der Waals surface area contributed by atoms with Gasteiger partial charge in [-0.15, -0.1) is 11.3 Å². The molecule has 2 N–H and O–H groups in total. The third kappa shape index (κ3) is 6.72. The number of rotatable bonds is 9. The Morgan fingerprint density at radius 2 is 1.97 bits per heavy atom. The topological polar surface area (TPSA) is 114 Å². The van der Waals surface area contributed by atoms with Gasteiger partial charge in [0.15, 0.2) is 10.3 Å². The van der Waals surface area contributed by atoms with Gasteiger partial charge in [-0.2, -0.15) is 0 Å². The van der Waals surface area contributed by atoms with E-state index in [0.717, 1.165) is 5.56 Å². The molecule has 11 heteroatoms. The number of carbonyl (C=O) groups is 2. The number of carbonyl (C=O) groups excluding carboxylic acids is 2. The maximum absolute atomic E-state index is 13.0. The largest absolute Gasteiger partial charge is 0.466 e. The van der Waals surface area contributed by atoms with Crippen molar-refractivity contribution < 1.29 is 18.7 Å². The fourth-order valence-corrected chi connectivity index (χ4v) is 4.31. The Bertz CT molecular complexity index is 1160. The molecule has 3 rings (SSSR count). The monoisotopic (exact) mass is 476 g/mol. The molecule has 0 radical (unpaired) electrons. The summed E-state index contributed by atoms with van der Waals surface area (Å²) in [6.45, 7) is 3.68. The number of hydrogen-bond acceptors (Lipinski definition) is 8. The van der Waals surface area contributed by atoms with Gasteiger partial charge in [-0.05, 0) is 31.5 Å². The Labute approximate surface area is 191 Å². The summed E-state index contributed by atoms with van der Waals surface area (Å²) in [6.07, 6.45) is -0.135. The number of nitrogens with one attached hydrogen (secondary N) is 2. The molecule has 0 aliphatic heterocycles. The van der Waals surface area contributed by atoms with Gasteiger partial charge in [0.05, 0.1) is 25.1 Å². The van der Waals surface area contributed by atoms with E-state index in [1.165, 1.54) is 35.2 Å². The molecule has 3 aromatic rings. The molecule has 2 heterocycles. The van der Waals surface area contributed by atoms with Crippen molar-refractivity contribution in [1.82, 2.24) is 15.0 Å². The van der Waals surface area contributed by atoms with Gasteiger partial charge in [-0.1, -0.05) is 23.9 Å². The molecule has 0 saturated heterocycles. The van der Waals surface area contributed by atoms with Crippen molar-refractivity contribution in [2.45, 2.75) is 37.6 Å². The maximum atomic E-state index is 13.0. The van der Waals surface area contributed by atoms with Gasteiger partial charge >= 0.3 is 5.97 Å². The summed E-state index contributed by atoms with van der Waals surface area (Å²) < 4.78 is 17.9. The van der Waals surface area contributed by atoms with Crippen LogP contribution in [0.25, 0.3) is 0 Å². The number of anilines is 1. The number of amides is 1. The molecule has 0 aliphatic carbocycles. The first-order valence-corrected chi connectivity index (χ1v) is 11.6. The molecule has 0 spiro atoms. The summed E-state index contributed by atoms with van der Waals surface area (Å²) in [5.74, 6) is -0.595. The molecule has 2 aromatic heterocycles. The molecule has 1 aromatic carbocycles. The van der Waals surface area contributed by atoms with Gasteiger partial charge in [0.25, 0.3) is 5.56 Å². The number of aromatic amines is 1. The zero-order valence-electron chi connectivity index (χ0n) is 17.4. The van der Waals surface area contributed by atoms with Crippen LogP contribution >= 0.6 is 23.1 Å². The van der Waals surface area contributed by atoms with Crippen molar-refractivity contribution in [3.63, 3.8) is 0 Å².